The smallest absolute Gasteiger partial charge is 0.0232 e. The van der Waals surface area contributed by atoms with Gasteiger partial charge in [-0.25, -0.2) is 0 Å². The average molecular weight is 322 g/mol. The van der Waals surface area contributed by atoms with Gasteiger partial charge in [0.15, 0.2) is 0 Å². The molecule has 0 saturated carbocycles. The maximum absolute atomic E-state index is 5.66. The SMILES string of the molecule is NCCc1cc(Br)ccc1SCc1ccccc1. The van der Waals surface area contributed by atoms with Gasteiger partial charge in [0.1, 0.15) is 0 Å². The van der Waals surface area contributed by atoms with Crippen LogP contribution in [0.2, 0.25) is 0 Å². The van der Waals surface area contributed by atoms with Crippen LogP contribution in [0.4, 0.5) is 0 Å². The van der Waals surface area contributed by atoms with Crippen LogP contribution in [0.25, 0.3) is 0 Å². The largest absolute Gasteiger partial charge is 0.330 e. The van der Waals surface area contributed by atoms with Gasteiger partial charge in [-0.1, -0.05) is 46.3 Å². The molecule has 0 aliphatic carbocycles. The van der Waals surface area contributed by atoms with E-state index in [4.69, 9.17) is 5.73 Å². The molecule has 2 aromatic rings. The predicted octanol–water partition coefficient (Wildman–Crippen LogP) is 4.24. The molecule has 0 spiro atoms. The predicted molar refractivity (Wildman–Crippen MR) is 82.9 cm³/mol. The van der Waals surface area contributed by atoms with Gasteiger partial charge in [-0.3, -0.25) is 0 Å². The summed E-state index contributed by atoms with van der Waals surface area (Å²) in [5.41, 5.74) is 8.34. The van der Waals surface area contributed by atoms with Crippen molar-refractivity contribution in [1.82, 2.24) is 0 Å². The van der Waals surface area contributed by atoms with E-state index in [9.17, 15) is 0 Å². The lowest BCUT2D eigenvalue weighted by Gasteiger charge is -2.09. The first-order valence-electron chi connectivity index (χ1n) is 5.95. The van der Waals surface area contributed by atoms with Crippen molar-refractivity contribution >= 4 is 27.7 Å². The summed E-state index contributed by atoms with van der Waals surface area (Å²) in [5, 5.41) is 0. The number of rotatable bonds is 5. The summed E-state index contributed by atoms with van der Waals surface area (Å²) >= 11 is 5.38. The molecule has 0 amide bonds. The Labute approximate surface area is 121 Å². The lowest BCUT2D eigenvalue weighted by molar-refractivity contribution is 0.943. The molecule has 2 N–H and O–H groups in total. The highest BCUT2D eigenvalue weighted by Gasteiger charge is 2.04. The van der Waals surface area contributed by atoms with Crippen LogP contribution in [-0.2, 0) is 12.2 Å². The van der Waals surface area contributed by atoms with Crippen molar-refractivity contribution in [3.8, 4) is 0 Å². The molecule has 0 heterocycles. The van der Waals surface area contributed by atoms with Gasteiger partial charge in [0.2, 0.25) is 0 Å². The van der Waals surface area contributed by atoms with Crippen molar-refractivity contribution in [2.45, 2.75) is 17.1 Å². The maximum atomic E-state index is 5.66. The molecule has 1 nitrogen and oxygen atoms in total. The van der Waals surface area contributed by atoms with Crippen molar-refractivity contribution in [1.29, 1.82) is 0 Å². The van der Waals surface area contributed by atoms with E-state index in [1.165, 1.54) is 16.0 Å². The topological polar surface area (TPSA) is 26.0 Å². The van der Waals surface area contributed by atoms with Crippen LogP contribution in [0.3, 0.4) is 0 Å². The monoisotopic (exact) mass is 321 g/mol. The molecular weight excluding hydrogens is 306 g/mol. The van der Waals surface area contributed by atoms with E-state index >= 15 is 0 Å². The highest BCUT2D eigenvalue weighted by Crippen LogP contribution is 2.28. The Kier molecular flexibility index (Phi) is 5.29. The van der Waals surface area contributed by atoms with Crippen LogP contribution < -0.4 is 5.73 Å². The van der Waals surface area contributed by atoms with Crippen LogP contribution in [0.1, 0.15) is 11.1 Å². The standard InChI is InChI=1S/C15H16BrNS/c16-14-6-7-15(13(10-14)8-9-17)18-11-12-4-2-1-3-5-12/h1-7,10H,8-9,11,17H2. The minimum absolute atomic E-state index is 0.690. The number of hydrogen-bond donors (Lipinski definition) is 1. The molecule has 94 valence electrons. The van der Waals surface area contributed by atoms with Gasteiger partial charge in [0, 0.05) is 15.1 Å². The van der Waals surface area contributed by atoms with Crippen molar-refractivity contribution in [2.24, 2.45) is 5.73 Å². The Bertz CT molecular complexity index is 499. The third-order valence-electron chi connectivity index (χ3n) is 2.67. The fourth-order valence-corrected chi connectivity index (χ4v) is 3.21. The van der Waals surface area contributed by atoms with E-state index in [0.717, 1.165) is 16.6 Å². The first-order valence-corrected chi connectivity index (χ1v) is 7.72. The van der Waals surface area contributed by atoms with Crippen molar-refractivity contribution in [2.75, 3.05) is 6.54 Å². The van der Waals surface area contributed by atoms with Gasteiger partial charge in [0.05, 0.1) is 0 Å². The molecule has 18 heavy (non-hydrogen) atoms. The van der Waals surface area contributed by atoms with Crippen LogP contribution in [0.15, 0.2) is 57.9 Å². The second-order valence-corrected chi connectivity index (χ2v) is 6.00. The van der Waals surface area contributed by atoms with Crippen molar-refractivity contribution in [3.05, 3.63) is 64.1 Å². The van der Waals surface area contributed by atoms with Crippen molar-refractivity contribution in [3.63, 3.8) is 0 Å². The first-order chi connectivity index (χ1) is 8.79. The summed E-state index contributed by atoms with van der Waals surface area (Å²) < 4.78 is 1.12. The van der Waals surface area contributed by atoms with Gasteiger partial charge in [-0.05, 0) is 42.3 Å². The highest BCUT2D eigenvalue weighted by atomic mass is 79.9. The number of nitrogens with two attached hydrogens (primary N) is 1. The summed E-state index contributed by atoms with van der Waals surface area (Å²) in [6, 6.07) is 17.0. The van der Waals surface area contributed by atoms with Crippen LogP contribution in [-0.4, -0.2) is 6.54 Å². The van der Waals surface area contributed by atoms with Gasteiger partial charge in [0.25, 0.3) is 0 Å². The minimum Gasteiger partial charge on any atom is -0.330 e. The summed E-state index contributed by atoms with van der Waals surface area (Å²) in [4.78, 5) is 1.33. The number of thioether (sulfide) groups is 1. The maximum Gasteiger partial charge on any atom is 0.0232 e. The fourth-order valence-electron chi connectivity index (χ4n) is 1.78. The fraction of sp³-hybridized carbons (Fsp3) is 0.200. The molecular formula is C15H16BrNS. The van der Waals surface area contributed by atoms with Gasteiger partial charge in [-0.15, -0.1) is 11.8 Å². The Morgan fingerprint density at radius 1 is 1.06 bits per heavy atom. The number of halogens is 1. The molecule has 0 bridgehead atoms. The number of hydrogen-bond acceptors (Lipinski definition) is 2. The van der Waals surface area contributed by atoms with Crippen molar-refractivity contribution < 1.29 is 0 Å². The third-order valence-corrected chi connectivity index (χ3v) is 4.35. The Morgan fingerprint density at radius 3 is 2.56 bits per heavy atom. The van der Waals surface area contributed by atoms with Gasteiger partial charge < -0.3 is 5.73 Å². The number of benzene rings is 2. The molecule has 3 heteroatoms. The normalized spacial score (nSPS) is 10.6. The molecule has 0 aromatic heterocycles. The zero-order chi connectivity index (χ0) is 12.8. The molecule has 2 aromatic carbocycles. The van der Waals surface area contributed by atoms with E-state index in [1.54, 1.807) is 0 Å². The van der Waals surface area contributed by atoms with Gasteiger partial charge >= 0.3 is 0 Å². The Morgan fingerprint density at radius 2 is 1.83 bits per heavy atom. The van der Waals surface area contributed by atoms with E-state index in [0.29, 0.717) is 6.54 Å². The zero-order valence-corrected chi connectivity index (χ0v) is 12.5. The highest BCUT2D eigenvalue weighted by molar-refractivity contribution is 9.10. The quantitative estimate of drug-likeness (QED) is 0.833. The molecule has 0 radical (unpaired) electrons. The lowest BCUT2D eigenvalue weighted by Crippen LogP contribution is -2.03. The van der Waals surface area contributed by atoms with E-state index in [1.807, 2.05) is 17.8 Å². The van der Waals surface area contributed by atoms with Crippen LogP contribution >= 0.6 is 27.7 Å². The molecule has 2 rings (SSSR count). The second-order valence-electron chi connectivity index (χ2n) is 4.06. The molecule has 0 aliphatic rings. The second kappa shape index (κ2) is 6.98. The summed E-state index contributed by atoms with van der Waals surface area (Å²) in [7, 11) is 0. The van der Waals surface area contributed by atoms with E-state index in [-0.39, 0.29) is 0 Å². The zero-order valence-electron chi connectivity index (χ0n) is 10.1. The molecule has 0 fully saturated rings. The Balaban J connectivity index is 2.09. The summed E-state index contributed by atoms with van der Waals surface area (Å²) in [6.45, 7) is 0.690. The molecule has 0 unspecified atom stereocenters. The summed E-state index contributed by atoms with van der Waals surface area (Å²) in [6.07, 6.45) is 0.927. The van der Waals surface area contributed by atoms with Crippen LogP contribution in [0.5, 0.6) is 0 Å². The van der Waals surface area contributed by atoms with E-state index < -0.39 is 0 Å². The third kappa shape index (κ3) is 3.87. The first kappa shape index (κ1) is 13.7. The molecule has 0 atom stereocenters. The Hall–Kier alpha value is -0.770. The van der Waals surface area contributed by atoms with E-state index in [2.05, 4.69) is 58.4 Å². The van der Waals surface area contributed by atoms with Crippen LogP contribution in [0, 0.1) is 0 Å². The summed E-state index contributed by atoms with van der Waals surface area (Å²) in [5.74, 6) is 1.00. The molecule has 0 aliphatic heterocycles. The molecule has 0 saturated heterocycles. The average Bonchev–Trinajstić information content (AvgIpc) is 2.39. The van der Waals surface area contributed by atoms with Gasteiger partial charge in [-0.2, -0.15) is 0 Å². The lowest BCUT2D eigenvalue weighted by atomic mass is 10.1. The minimum atomic E-state index is 0.690.